The molecule has 1 amide bonds. The molecule has 1 rings (SSSR count). The zero-order valence-corrected chi connectivity index (χ0v) is 12.5. The summed E-state index contributed by atoms with van der Waals surface area (Å²) >= 11 is 3.42. The van der Waals surface area contributed by atoms with Crippen LogP contribution >= 0.6 is 15.9 Å². The molecular weight excluding hydrogens is 278 g/mol. The number of carbonyl (C=O) groups excluding carboxylic acids is 1. The molecule has 17 heavy (non-hydrogen) atoms. The minimum Gasteiger partial charge on any atom is -0.325 e. The number of anilines is 1. The molecule has 2 nitrogen and oxygen atoms in total. The van der Waals surface area contributed by atoms with Crippen molar-refractivity contribution in [1.29, 1.82) is 0 Å². The third-order valence-electron chi connectivity index (χ3n) is 2.82. The number of halogens is 1. The lowest BCUT2D eigenvalue weighted by Gasteiger charge is -2.17. The van der Waals surface area contributed by atoms with Crippen molar-refractivity contribution in [2.24, 2.45) is 5.92 Å². The molecule has 0 aliphatic heterocycles. The number of aryl methyl sites for hydroxylation is 2. The summed E-state index contributed by atoms with van der Waals surface area (Å²) in [5.74, 6) is 0.313. The van der Waals surface area contributed by atoms with Gasteiger partial charge in [-0.25, -0.2) is 0 Å². The fraction of sp³-hybridized carbons (Fsp3) is 0.500. The SMILES string of the molecule is CCc1cccc(C)c1NC(=O)C(Br)C(C)C. The predicted molar refractivity (Wildman–Crippen MR) is 76.7 cm³/mol. The maximum atomic E-state index is 12.0. The Morgan fingerprint density at radius 1 is 1.41 bits per heavy atom. The second kappa shape index (κ2) is 6.20. The largest absolute Gasteiger partial charge is 0.325 e. The van der Waals surface area contributed by atoms with Gasteiger partial charge >= 0.3 is 0 Å². The average molecular weight is 298 g/mol. The molecule has 0 saturated heterocycles. The number of alkyl halides is 1. The summed E-state index contributed by atoms with van der Waals surface area (Å²) in [6.45, 7) is 8.17. The molecule has 0 saturated carbocycles. The number of hydrogen-bond donors (Lipinski definition) is 1. The first-order chi connectivity index (χ1) is 7.97. The molecule has 0 fully saturated rings. The van der Waals surface area contributed by atoms with E-state index >= 15 is 0 Å². The van der Waals surface area contributed by atoms with E-state index in [0.717, 1.165) is 17.7 Å². The Hall–Kier alpha value is -0.830. The molecule has 1 aromatic carbocycles. The summed E-state index contributed by atoms with van der Waals surface area (Å²) in [5.41, 5.74) is 3.26. The van der Waals surface area contributed by atoms with E-state index in [-0.39, 0.29) is 16.7 Å². The molecule has 3 heteroatoms. The zero-order chi connectivity index (χ0) is 13.0. The van der Waals surface area contributed by atoms with Gasteiger partial charge in [0.25, 0.3) is 0 Å². The first-order valence-corrected chi connectivity index (χ1v) is 6.92. The maximum absolute atomic E-state index is 12.0. The summed E-state index contributed by atoms with van der Waals surface area (Å²) in [6.07, 6.45) is 0.923. The highest BCUT2D eigenvalue weighted by atomic mass is 79.9. The van der Waals surface area contributed by atoms with E-state index in [0.29, 0.717) is 0 Å². The van der Waals surface area contributed by atoms with Gasteiger partial charge in [-0.1, -0.05) is 54.9 Å². The minimum atomic E-state index is -0.146. The number of para-hydroxylation sites is 1. The lowest BCUT2D eigenvalue weighted by Crippen LogP contribution is -2.27. The molecule has 0 radical (unpaired) electrons. The molecule has 0 bridgehead atoms. The lowest BCUT2D eigenvalue weighted by atomic mass is 10.0. The second-order valence-electron chi connectivity index (χ2n) is 4.60. The molecular formula is C14H20BrNO. The number of rotatable bonds is 4. The Morgan fingerprint density at radius 2 is 2.06 bits per heavy atom. The molecule has 0 heterocycles. The summed E-state index contributed by atoms with van der Waals surface area (Å²) < 4.78 is 0. The van der Waals surface area contributed by atoms with Crippen LogP contribution in [0.15, 0.2) is 18.2 Å². The van der Waals surface area contributed by atoms with E-state index in [1.807, 2.05) is 32.9 Å². The number of benzene rings is 1. The molecule has 1 N–H and O–H groups in total. The van der Waals surface area contributed by atoms with Gasteiger partial charge in [-0.3, -0.25) is 4.79 Å². The van der Waals surface area contributed by atoms with Gasteiger partial charge in [-0.05, 0) is 30.4 Å². The van der Waals surface area contributed by atoms with Crippen molar-refractivity contribution in [1.82, 2.24) is 0 Å². The Morgan fingerprint density at radius 3 is 2.59 bits per heavy atom. The van der Waals surface area contributed by atoms with Crippen LogP contribution in [0.2, 0.25) is 0 Å². The van der Waals surface area contributed by atoms with Crippen molar-refractivity contribution in [2.45, 2.75) is 38.9 Å². The summed E-state index contributed by atoms with van der Waals surface area (Å²) in [4.78, 5) is 11.9. The highest BCUT2D eigenvalue weighted by Gasteiger charge is 2.19. The van der Waals surface area contributed by atoms with Gasteiger partial charge in [0.05, 0.1) is 4.83 Å². The van der Waals surface area contributed by atoms with Crippen molar-refractivity contribution in [3.63, 3.8) is 0 Å². The smallest absolute Gasteiger partial charge is 0.238 e. The summed E-state index contributed by atoms with van der Waals surface area (Å²) in [5, 5.41) is 3.03. The predicted octanol–water partition coefficient (Wildman–Crippen LogP) is 3.92. The first kappa shape index (κ1) is 14.2. The highest BCUT2D eigenvalue weighted by Crippen LogP contribution is 2.23. The van der Waals surface area contributed by atoms with Crippen molar-refractivity contribution < 1.29 is 4.79 Å². The fourth-order valence-corrected chi connectivity index (χ4v) is 1.81. The van der Waals surface area contributed by atoms with E-state index in [9.17, 15) is 4.79 Å². The quantitative estimate of drug-likeness (QED) is 0.839. The van der Waals surface area contributed by atoms with Crippen LogP contribution in [0.1, 0.15) is 31.9 Å². The van der Waals surface area contributed by atoms with E-state index in [4.69, 9.17) is 0 Å². The van der Waals surface area contributed by atoms with Crippen molar-refractivity contribution in [2.75, 3.05) is 5.32 Å². The van der Waals surface area contributed by atoms with Crippen molar-refractivity contribution >= 4 is 27.5 Å². The van der Waals surface area contributed by atoms with E-state index in [2.05, 4.69) is 34.2 Å². The fourth-order valence-electron chi connectivity index (χ4n) is 1.70. The van der Waals surface area contributed by atoms with Crippen LogP contribution in [0, 0.1) is 12.8 Å². The molecule has 94 valence electrons. The molecule has 0 spiro atoms. The summed E-state index contributed by atoms with van der Waals surface area (Å²) in [7, 11) is 0. The number of amides is 1. The highest BCUT2D eigenvalue weighted by molar-refractivity contribution is 9.10. The standard InChI is InChI=1S/C14H20BrNO/c1-5-11-8-6-7-10(4)13(11)16-14(17)12(15)9(2)3/h6-9,12H,5H2,1-4H3,(H,16,17). The molecule has 1 aromatic rings. The topological polar surface area (TPSA) is 29.1 Å². The number of carbonyl (C=O) groups is 1. The maximum Gasteiger partial charge on any atom is 0.238 e. The van der Waals surface area contributed by atoms with Gasteiger partial charge in [0.15, 0.2) is 0 Å². The molecule has 1 unspecified atom stereocenters. The number of nitrogens with one attached hydrogen (secondary N) is 1. The third kappa shape index (κ3) is 3.56. The van der Waals surface area contributed by atoms with Gasteiger partial charge in [-0.2, -0.15) is 0 Å². The van der Waals surface area contributed by atoms with Gasteiger partial charge in [-0.15, -0.1) is 0 Å². The van der Waals surface area contributed by atoms with Gasteiger partial charge in [0.1, 0.15) is 0 Å². The zero-order valence-electron chi connectivity index (χ0n) is 10.9. The van der Waals surface area contributed by atoms with Crippen LogP contribution in [0.25, 0.3) is 0 Å². The molecule has 0 aliphatic rings. The van der Waals surface area contributed by atoms with Gasteiger partial charge in [0, 0.05) is 5.69 Å². The van der Waals surface area contributed by atoms with E-state index < -0.39 is 0 Å². The lowest BCUT2D eigenvalue weighted by molar-refractivity contribution is -0.116. The van der Waals surface area contributed by atoms with Crippen LogP contribution in [-0.2, 0) is 11.2 Å². The third-order valence-corrected chi connectivity index (χ3v) is 4.30. The van der Waals surface area contributed by atoms with E-state index in [1.54, 1.807) is 0 Å². The van der Waals surface area contributed by atoms with Crippen LogP contribution < -0.4 is 5.32 Å². The van der Waals surface area contributed by atoms with Crippen LogP contribution in [0.4, 0.5) is 5.69 Å². The second-order valence-corrected chi connectivity index (χ2v) is 5.58. The molecule has 0 aromatic heterocycles. The van der Waals surface area contributed by atoms with Crippen LogP contribution in [0.3, 0.4) is 0 Å². The Balaban J connectivity index is 2.91. The van der Waals surface area contributed by atoms with Gasteiger partial charge in [0.2, 0.25) is 5.91 Å². The minimum absolute atomic E-state index is 0.0315. The Kier molecular flexibility index (Phi) is 5.19. The summed E-state index contributed by atoms with van der Waals surface area (Å²) in [6, 6.07) is 6.10. The molecule has 1 atom stereocenters. The van der Waals surface area contributed by atoms with Crippen molar-refractivity contribution in [3.8, 4) is 0 Å². The van der Waals surface area contributed by atoms with Gasteiger partial charge < -0.3 is 5.32 Å². The van der Waals surface area contributed by atoms with Crippen LogP contribution in [-0.4, -0.2) is 10.7 Å². The van der Waals surface area contributed by atoms with Crippen LogP contribution in [0.5, 0.6) is 0 Å². The number of hydrogen-bond acceptors (Lipinski definition) is 1. The van der Waals surface area contributed by atoms with Crippen molar-refractivity contribution in [3.05, 3.63) is 29.3 Å². The monoisotopic (exact) mass is 297 g/mol. The normalized spacial score (nSPS) is 12.6. The Labute approximate surface area is 112 Å². The first-order valence-electron chi connectivity index (χ1n) is 6.00. The molecule has 0 aliphatic carbocycles. The average Bonchev–Trinajstić information content (AvgIpc) is 2.30. The van der Waals surface area contributed by atoms with E-state index in [1.165, 1.54) is 5.56 Å². The Bertz CT molecular complexity index is 401.